The lowest BCUT2D eigenvalue weighted by atomic mass is 10.1. The average molecular weight is 285 g/mol. The van der Waals surface area contributed by atoms with Gasteiger partial charge in [0.1, 0.15) is 5.82 Å². The van der Waals surface area contributed by atoms with E-state index in [-0.39, 0.29) is 0 Å². The van der Waals surface area contributed by atoms with Gasteiger partial charge in [0.05, 0.1) is 22.7 Å². The van der Waals surface area contributed by atoms with Gasteiger partial charge in [-0.2, -0.15) is 17.0 Å². The maximum absolute atomic E-state index is 9.04. The molecule has 1 aromatic carbocycles. The molecule has 1 unspecified atom stereocenters. The summed E-state index contributed by atoms with van der Waals surface area (Å²) in [5.41, 5.74) is 2.83. The van der Waals surface area contributed by atoms with Gasteiger partial charge in [0, 0.05) is 18.2 Å². The third-order valence-electron chi connectivity index (χ3n) is 3.75. The van der Waals surface area contributed by atoms with Gasteiger partial charge in [0.2, 0.25) is 0 Å². The minimum atomic E-state index is 0.566. The number of benzene rings is 1. The van der Waals surface area contributed by atoms with E-state index >= 15 is 0 Å². The van der Waals surface area contributed by atoms with Crippen LogP contribution in [0.3, 0.4) is 0 Å². The zero-order valence-corrected chi connectivity index (χ0v) is 12.8. The molecule has 104 valence electrons. The zero-order chi connectivity index (χ0) is 14.1. The van der Waals surface area contributed by atoms with E-state index in [1.54, 1.807) is 0 Å². The van der Waals surface area contributed by atoms with Crippen molar-refractivity contribution in [2.75, 3.05) is 11.5 Å². The molecule has 1 atom stereocenters. The number of aromatic nitrogens is 2. The van der Waals surface area contributed by atoms with Crippen LogP contribution in [0.15, 0.2) is 18.2 Å². The molecule has 4 heteroatoms. The SMILES string of the molecule is CC(C)Cn1c(C2CCSC2)nc2cc(C#N)ccc21. The molecular weight excluding hydrogens is 266 g/mol. The molecule has 0 spiro atoms. The van der Waals surface area contributed by atoms with Crippen molar-refractivity contribution < 1.29 is 0 Å². The van der Waals surface area contributed by atoms with E-state index in [0.717, 1.165) is 12.1 Å². The lowest BCUT2D eigenvalue weighted by Gasteiger charge is -2.15. The van der Waals surface area contributed by atoms with Crippen LogP contribution in [0, 0.1) is 17.2 Å². The maximum atomic E-state index is 9.04. The normalized spacial score (nSPS) is 18.8. The summed E-state index contributed by atoms with van der Waals surface area (Å²) in [6.45, 7) is 5.48. The van der Waals surface area contributed by atoms with Crippen LogP contribution in [0.5, 0.6) is 0 Å². The van der Waals surface area contributed by atoms with Crippen LogP contribution in [0.4, 0.5) is 0 Å². The fourth-order valence-electron chi connectivity index (χ4n) is 2.82. The second-order valence-electron chi connectivity index (χ2n) is 5.85. The van der Waals surface area contributed by atoms with Crippen LogP contribution in [0.2, 0.25) is 0 Å². The Kier molecular flexibility index (Phi) is 3.71. The number of thioether (sulfide) groups is 1. The summed E-state index contributed by atoms with van der Waals surface area (Å²) in [6.07, 6.45) is 1.22. The number of fused-ring (bicyclic) bond motifs is 1. The molecule has 0 N–H and O–H groups in total. The molecule has 2 heterocycles. The molecule has 2 aromatic rings. The van der Waals surface area contributed by atoms with Gasteiger partial charge in [-0.3, -0.25) is 0 Å². The van der Waals surface area contributed by atoms with Gasteiger partial charge >= 0.3 is 0 Å². The number of nitrogens with zero attached hydrogens (tertiary/aromatic N) is 3. The molecule has 1 saturated heterocycles. The number of hydrogen-bond acceptors (Lipinski definition) is 3. The monoisotopic (exact) mass is 285 g/mol. The highest BCUT2D eigenvalue weighted by molar-refractivity contribution is 7.99. The molecule has 1 aliphatic rings. The van der Waals surface area contributed by atoms with E-state index in [1.807, 2.05) is 23.9 Å². The van der Waals surface area contributed by atoms with E-state index in [1.165, 1.54) is 29.3 Å². The van der Waals surface area contributed by atoms with Gasteiger partial charge in [0.15, 0.2) is 0 Å². The molecule has 0 amide bonds. The number of hydrogen-bond donors (Lipinski definition) is 0. The van der Waals surface area contributed by atoms with E-state index in [2.05, 4.69) is 30.6 Å². The van der Waals surface area contributed by atoms with E-state index < -0.39 is 0 Å². The summed E-state index contributed by atoms with van der Waals surface area (Å²) in [6, 6.07) is 8.07. The van der Waals surface area contributed by atoms with Crippen LogP contribution in [0.25, 0.3) is 11.0 Å². The zero-order valence-electron chi connectivity index (χ0n) is 12.0. The maximum Gasteiger partial charge on any atom is 0.113 e. The first kappa shape index (κ1) is 13.5. The molecule has 1 fully saturated rings. The summed E-state index contributed by atoms with van der Waals surface area (Å²) >= 11 is 2.02. The third kappa shape index (κ3) is 2.43. The quantitative estimate of drug-likeness (QED) is 0.861. The molecule has 0 bridgehead atoms. The van der Waals surface area contributed by atoms with Gasteiger partial charge in [-0.25, -0.2) is 4.98 Å². The van der Waals surface area contributed by atoms with Crippen molar-refractivity contribution in [3.63, 3.8) is 0 Å². The van der Waals surface area contributed by atoms with E-state index in [9.17, 15) is 0 Å². The van der Waals surface area contributed by atoms with Crippen LogP contribution in [0.1, 0.15) is 37.6 Å². The predicted octanol–water partition coefficient (Wildman–Crippen LogP) is 3.78. The van der Waals surface area contributed by atoms with Gasteiger partial charge in [-0.15, -0.1) is 0 Å². The minimum Gasteiger partial charge on any atom is -0.327 e. The van der Waals surface area contributed by atoms with Crippen LogP contribution in [-0.4, -0.2) is 21.1 Å². The Balaban J connectivity index is 2.13. The first-order valence-corrected chi connectivity index (χ1v) is 8.32. The topological polar surface area (TPSA) is 41.6 Å². The molecule has 0 radical (unpaired) electrons. The fraction of sp³-hybridized carbons (Fsp3) is 0.500. The number of imidazole rings is 1. The van der Waals surface area contributed by atoms with Crippen molar-refractivity contribution >= 4 is 22.8 Å². The highest BCUT2D eigenvalue weighted by atomic mass is 32.2. The van der Waals surface area contributed by atoms with Crippen molar-refractivity contribution in [3.05, 3.63) is 29.6 Å². The van der Waals surface area contributed by atoms with Gasteiger partial charge < -0.3 is 4.57 Å². The molecule has 3 nitrogen and oxygen atoms in total. The first-order valence-electron chi connectivity index (χ1n) is 7.17. The largest absolute Gasteiger partial charge is 0.327 e. The predicted molar refractivity (Wildman–Crippen MR) is 84.0 cm³/mol. The van der Waals surface area contributed by atoms with Crippen molar-refractivity contribution in [3.8, 4) is 6.07 Å². The molecule has 0 aliphatic carbocycles. The second kappa shape index (κ2) is 5.49. The highest BCUT2D eigenvalue weighted by Crippen LogP contribution is 2.34. The van der Waals surface area contributed by atoms with Crippen molar-refractivity contribution in [1.82, 2.24) is 9.55 Å². The van der Waals surface area contributed by atoms with Gasteiger partial charge in [-0.05, 0) is 36.3 Å². The lowest BCUT2D eigenvalue weighted by Crippen LogP contribution is -2.12. The number of nitriles is 1. The summed E-state index contributed by atoms with van der Waals surface area (Å²) in [4.78, 5) is 4.85. The molecular formula is C16H19N3S. The summed E-state index contributed by atoms with van der Waals surface area (Å²) < 4.78 is 2.37. The van der Waals surface area contributed by atoms with Crippen LogP contribution >= 0.6 is 11.8 Å². The van der Waals surface area contributed by atoms with Gasteiger partial charge in [0.25, 0.3) is 0 Å². The summed E-state index contributed by atoms with van der Waals surface area (Å²) in [5, 5.41) is 9.04. The standard InChI is InChI=1S/C16H19N3S/c1-11(2)9-19-15-4-3-12(8-17)7-14(15)18-16(19)13-5-6-20-10-13/h3-4,7,11,13H,5-6,9-10H2,1-2H3. The second-order valence-corrected chi connectivity index (χ2v) is 7.00. The lowest BCUT2D eigenvalue weighted by molar-refractivity contribution is 0.504. The summed E-state index contributed by atoms with van der Waals surface area (Å²) in [5.74, 6) is 4.78. The summed E-state index contributed by atoms with van der Waals surface area (Å²) in [7, 11) is 0. The van der Waals surface area contributed by atoms with Crippen LogP contribution < -0.4 is 0 Å². The molecule has 3 rings (SSSR count). The smallest absolute Gasteiger partial charge is 0.113 e. The third-order valence-corrected chi connectivity index (χ3v) is 4.91. The van der Waals surface area contributed by atoms with Crippen molar-refractivity contribution in [2.45, 2.75) is 32.7 Å². The highest BCUT2D eigenvalue weighted by Gasteiger charge is 2.24. The van der Waals surface area contributed by atoms with Crippen LogP contribution in [-0.2, 0) is 6.54 Å². The Morgan fingerprint density at radius 3 is 3.00 bits per heavy atom. The molecule has 1 aromatic heterocycles. The molecule has 1 aliphatic heterocycles. The minimum absolute atomic E-state index is 0.566. The van der Waals surface area contributed by atoms with E-state index in [0.29, 0.717) is 17.4 Å². The Labute approximate surface area is 124 Å². The van der Waals surface area contributed by atoms with Gasteiger partial charge in [-0.1, -0.05) is 13.8 Å². The fourth-order valence-corrected chi connectivity index (χ4v) is 4.04. The Bertz CT molecular complexity index is 660. The molecule has 20 heavy (non-hydrogen) atoms. The Morgan fingerprint density at radius 2 is 2.35 bits per heavy atom. The molecule has 0 saturated carbocycles. The average Bonchev–Trinajstić information content (AvgIpc) is 3.05. The Hall–Kier alpha value is -1.47. The van der Waals surface area contributed by atoms with Crippen molar-refractivity contribution in [2.24, 2.45) is 5.92 Å². The number of rotatable bonds is 3. The first-order chi connectivity index (χ1) is 9.69. The Morgan fingerprint density at radius 1 is 1.50 bits per heavy atom. The van der Waals surface area contributed by atoms with E-state index in [4.69, 9.17) is 10.2 Å². The van der Waals surface area contributed by atoms with Crippen molar-refractivity contribution in [1.29, 1.82) is 5.26 Å².